The third-order valence-corrected chi connectivity index (χ3v) is 5.58. The van der Waals surface area contributed by atoms with Crippen molar-refractivity contribution in [1.82, 2.24) is 15.3 Å². The van der Waals surface area contributed by atoms with Crippen molar-refractivity contribution < 1.29 is 5.11 Å². The Bertz CT molecular complexity index is 833. The molecule has 0 aliphatic heterocycles. The second-order valence-corrected chi connectivity index (χ2v) is 6.97. The van der Waals surface area contributed by atoms with Crippen LogP contribution in [0.1, 0.15) is 23.2 Å². The maximum atomic E-state index is 10.0. The minimum atomic E-state index is -0.356. The van der Waals surface area contributed by atoms with Gasteiger partial charge in [0.1, 0.15) is 5.01 Å². The van der Waals surface area contributed by atoms with E-state index in [0.717, 1.165) is 29.2 Å². The van der Waals surface area contributed by atoms with Crippen molar-refractivity contribution >= 4 is 11.3 Å². The summed E-state index contributed by atoms with van der Waals surface area (Å²) >= 11 is 1.60. The minimum Gasteiger partial charge on any atom is -0.394 e. The summed E-state index contributed by atoms with van der Waals surface area (Å²) in [5.41, 5.74) is 4.07. The topological polar surface area (TPSA) is 58.0 Å². The third-order valence-electron chi connectivity index (χ3n) is 4.67. The van der Waals surface area contributed by atoms with Gasteiger partial charge in [0.05, 0.1) is 23.5 Å². The number of aliphatic hydroxyl groups excluding tert-OH is 1. The first-order valence-corrected chi connectivity index (χ1v) is 8.99. The van der Waals surface area contributed by atoms with Crippen molar-refractivity contribution in [2.24, 2.45) is 0 Å². The molecule has 0 spiro atoms. The molecule has 1 atom stereocenters. The second-order valence-electron chi connectivity index (χ2n) is 6.11. The van der Waals surface area contributed by atoms with Gasteiger partial charge in [-0.15, -0.1) is 11.3 Å². The summed E-state index contributed by atoms with van der Waals surface area (Å²) < 4.78 is 0. The fraction of sp³-hybridized carbons (Fsp3) is 0.263. The largest absolute Gasteiger partial charge is 0.394 e. The van der Waals surface area contributed by atoms with Gasteiger partial charge in [0.2, 0.25) is 0 Å². The van der Waals surface area contributed by atoms with Crippen LogP contribution in [0.3, 0.4) is 0 Å². The van der Waals surface area contributed by atoms with E-state index < -0.39 is 0 Å². The maximum absolute atomic E-state index is 10.0. The summed E-state index contributed by atoms with van der Waals surface area (Å²) in [6.07, 6.45) is 3.70. The molecule has 0 radical (unpaired) electrons. The monoisotopic (exact) mass is 337 g/mol. The second kappa shape index (κ2) is 6.43. The van der Waals surface area contributed by atoms with Crippen LogP contribution < -0.4 is 5.32 Å². The number of hydrogen-bond donors (Lipinski definition) is 2. The summed E-state index contributed by atoms with van der Waals surface area (Å²) in [5.74, 6) is 0. The Morgan fingerprint density at radius 1 is 1.17 bits per heavy atom. The molecule has 1 aliphatic rings. The van der Waals surface area contributed by atoms with Crippen LogP contribution in [0.25, 0.3) is 10.7 Å². The lowest BCUT2D eigenvalue weighted by molar-refractivity contribution is 0.158. The van der Waals surface area contributed by atoms with Crippen LogP contribution in [0.15, 0.2) is 54.0 Å². The molecule has 24 heavy (non-hydrogen) atoms. The first-order chi connectivity index (χ1) is 11.8. The molecule has 0 bridgehead atoms. The lowest BCUT2D eigenvalue weighted by Gasteiger charge is -2.29. The number of hydrogen-bond acceptors (Lipinski definition) is 5. The highest BCUT2D eigenvalue weighted by molar-refractivity contribution is 7.13. The zero-order valence-corrected chi connectivity index (χ0v) is 14.1. The van der Waals surface area contributed by atoms with Crippen LogP contribution in [0.2, 0.25) is 0 Å². The zero-order chi connectivity index (χ0) is 16.4. The highest BCUT2D eigenvalue weighted by Crippen LogP contribution is 2.36. The Balaban J connectivity index is 1.52. The average Bonchev–Trinajstić information content (AvgIpc) is 3.26. The lowest BCUT2D eigenvalue weighted by Crippen LogP contribution is -2.43. The van der Waals surface area contributed by atoms with Gasteiger partial charge in [-0.05, 0) is 36.1 Å². The van der Waals surface area contributed by atoms with Crippen molar-refractivity contribution in [1.29, 1.82) is 0 Å². The molecule has 5 heteroatoms. The fourth-order valence-electron chi connectivity index (χ4n) is 3.35. The molecule has 0 saturated carbocycles. The number of aromatic nitrogens is 2. The molecule has 0 fully saturated rings. The summed E-state index contributed by atoms with van der Waals surface area (Å²) in [5, 5.41) is 16.6. The van der Waals surface area contributed by atoms with E-state index in [2.05, 4.69) is 38.9 Å². The zero-order valence-electron chi connectivity index (χ0n) is 13.3. The van der Waals surface area contributed by atoms with E-state index in [1.807, 2.05) is 24.3 Å². The number of nitrogens with zero attached hydrogens (tertiary/aromatic N) is 2. The fourth-order valence-corrected chi connectivity index (χ4v) is 4.14. The van der Waals surface area contributed by atoms with Gasteiger partial charge in [0.15, 0.2) is 0 Å². The standard InChI is InChI=1S/C19H19N3OS/c23-13-19(9-8-14-5-1-2-6-16(14)19)21-11-15-12-24-18(22-15)17-7-3-4-10-20-17/h1-7,10,12,21,23H,8-9,11,13H2. The number of nitrogens with one attached hydrogen (secondary N) is 1. The Kier molecular flexibility index (Phi) is 4.14. The van der Waals surface area contributed by atoms with Crippen LogP contribution in [0.5, 0.6) is 0 Å². The molecular formula is C19H19N3OS. The minimum absolute atomic E-state index is 0.0985. The molecule has 1 aliphatic carbocycles. The van der Waals surface area contributed by atoms with E-state index >= 15 is 0 Å². The van der Waals surface area contributed by atoms with Crippen LogP contribution in [0.4, 0.5) is 0 Å². The first kappa shape index (κ1) is 15.4. The molecule has 4 nitrogen and oxygen atoms in total. The molecule has 4 rings (SSSR count). The van der Waals surface area contributed by atoms with Crippen LogP contribution in [-0.4, -0.2) is 21.7 Å². The SMILES string of the molecule is OCC1(NCc2csc(-c3ccccn3)n2)CCc2ccccc21. The number of rotatable bonds is 5. The highest BCUT2D eigenvalue weighted by Gasteiger charge is 2.37. The van der Waals surface area contributed by atoms with Crippen LogP contribution in [0, 0.1) is 0 Å². The molecule has 3 aromatic rings. The molecule has 122 valence electrons. The van der Waals surface area contributed by atoms with E-state index in [9.17, 15) is 5.11 Å². The molecule has 1 aromatic carbocycles. The Hall–Kier alpha value is -2.08. The summed E-state index contributed by atoms with van der Waals surface area (Å²) in [6, 6.07) is 14.2. The van der Waals surface area contributed by atoms with E-state index in [4.69, 9.17) is 0 Å². The molecular weight excluding hydrogens is 318 g/mol. The van der Waals surface area contributed by atoms with Crippen molar-refractivity contribution in [2.75, 3.05) is 6.61 Å². The number of thiazole rings is 1. The van der Waals surface area contributed by atoms with E-state index in [1.165, 1.54) is 11.1 Å². The number of benzene rings is 1. The van der Waals surface area contributed by atoms with Crippen LogP contribution >= 0.6 is 11.3 Å². The normalized spacial score (nSPS) is 19.4. The Labute approximate surface area is 145 Å². The van der Waals surface area contributed by atoms with E-state index in [-0.39, 0.29) is 12.1 Å². The Morgan fingerprint density at radius 3 is 2.88 bits per heavy atom. The van der Waals surface area contributed by atoms with E-state index in [0.29, 0.717) is 6.54 Å². The smallest absolute Gasteiger partial charge is 0.142 e. The van der Waals surface area contributed by atoms with Crippen molar-refractivity contribution in [2.45, 2.75) is 24.9 Å². The molecule has 0 amide bonds. The van der Waals surface area contributed by atoms with Gasteiger partial charge in [0, 0.05) is 18.1 Å². The summed E-state index contributed by atoms with van der Waals surface area (Å²) in [4.78, 5) is 9.02. The predicted octanol–water partition coefficient (Wildman–Crippen LogP) is 3.13. The first-order valence-electron chi connectivity index (χ1n) is 8.11. The molecule has 2 N–H and O–H groups in total. The molecule has 1 unspecified atom stereocenters. The summed E-state index contributed by atoms with van der Waals surface area (Å²) in [6.45, 7) is 0.736. The number of fused-ring (bicyclic) bond motifs is 1. The lowest BCUT2D eigenvalue weighted by atomic mass is 9.92. The molecule has 2 heterocycles. The van der Waals surface area contributed by atoms with Crippen molar-refractivity contribution in [3.05, 3.63) is 70.9 Å². The number of aliphatic hydroxyl groups is 1. The maximum Gasteiger partial charge on any atom is 0.142 e. The average molecular weight is 337 g/mol. The third kappa shape index (κ3) is 2.75. The Morgan fingerprint density at radius 2 is 2.04 bits per heavy atom. The van der Waals surface area contributed by atoms with Gasteiger partial charge in [0.25, 0.3) is 0 Å². The van der Waals surface area contributed by atoms with Gasteiger partial charge in [-0.1, -0.05) is 30.3 Å². The van der Waals surface area contributed by atoms with Gasteiger partial charge in [-0.3, -0.25) is 10.3 Å². The van der Waals surface area contributed by atoms with Gasteiger partial charge in [-0.25, -0.2) is 4.98 Å². The van der Waals surface area contributed by atoms with Crippen LogP contribution in [-0.2, 0) is 18.5 Å². The number of aryl methyl sites for hydroxylation is 1. The quantitative estimate of drug-likeness (QED) is 0.751. The van der Waals surface area contributed by atoms with Gasteiger partial charge < -0.3 is 5.11 Å². The van der Waals surface area contributed by atoms with Crippen molar-refractivity contribution in [3.8, 4) is 10.7 Å². The van der Waals surface area contributed by atoms with Gasteiger partial charge in [-0.2, -0.15) is 0 Å². The summed E-state index contributed by atoms with van der Waals surface area (Å²) in [7, 11) is 0. The highest BCUT2D eigenvalue weighted by atomic mass is 32.1. The molecule has 0 saturated heterocycles. The van der Waals surface area contributed by atoms with E-state index in [1.54, 1.807) is 17.5 Å². The predicted molar refractivity (Wildman–Crippen MR) is 95.7 cm³/mol. The molecule has 2 aromatic heterocycles. The van der Waals surface area contributed by atoms with Crippen molar-refractivity contribution in [3.63, 3.8) is 0 Å². The van der Waals surface area contributed by atoms with Gasteiger partial charge >= 0.3 is 0 Å². The number of pyridine rings is 1.